The molecule has 0 saturated carbocycles. The largest absolute Gasteiger partial charge is 0.309 e. The summed E-state index contributed by atoms with van der Waals surface area (Å²) >= 11 is 1.40. The Kier molecular flexibility index (Phi) is 1.97. The van der Waals surface area contributed by atoms with Gasteiger partial charge in [-0.2, -0.15) is 5.26 Å². The molecule has 0 atom stereocenters. The van der Waals surface area contributed by atoms with E-state index in [1.165, 1.54) is 22.7 Å². The number of carbonyl (C=O) groups excluding carboxylic acids is 1. The summed E-state index contributed by atoms with van der Waals surface area (Å²) in [6.45, 7) is 0. The fraction of sp³-hybridized carbons (Fsp3) is 0.333. The molecule has 0 aromatic rings. The summed E-state index contributed by atoms with van der Waals surface area (Å²) in [7, 11) is 1.67. The first-order chi connectivity index (χ1) is 4.75. The molecule has 1 saturated heterocycles. The zero-order valence-corrected chi connectivity index (χ0v) is 6.31. The average Bonchev–Trinajstić information content (AvgIpc) is 2.20. The Morgan fingerprint density at radius 2 is 2.60 bits per heavy atom. The van der Waals surface area contributed by atoms with E-state index >= 15 is 0 Å². The Morgan fingerprint density at radius 3 is 3.00 bits per heavy atom. The first-order valence-electron chi connectivity index (χ1n) is 2.75. The van der Waals surface area contributed by atoms with Gasteiger partial charge in [0.05, 0.1) is 16.9 Å². The molecular weight excluding hydrogens is 148 g/mol. The lowest BCUT2D eigenvalue weighted by Crippen LogP contribution is -2.18. The van der Waals surface area contributed by atoms with Crippen LogP contribution in [-0.4, -0.2) is 23.6 Å². The quantitative estimate of drug-likeness (QED) is 0.479. The van der Waals surface area contributed by atoms with Crippen molar-refractivity contribution in [2.24, 2.45) is 0 Å². The maximum Gasteiger partial charge on any atom is 0.237 e. The van der Waals surface area contributed by atoms with Crippen molar-refractivity contribution in [3.05, 3.63) is 11.1 Å². The van der Waals surface area contributed by atoms with Crippen molar-refractivity contribution in [2.45, 2.75) is 0 Å². The van der Waals surface area contributed by atoms with Crippen molar-refractivity contribution in [3.63, 3.8) is 0 Å². The summed E-state index contributed by atoms with van der Waals surface area (Å²) in [6, 6.07) is 1.88. The number of thioether (sulfide) groups is 1. The zero-order chi connectivity index (χ0) is 7.56. The number of allylic oxidation sites excluding steroid dienone is 1. The van der Waals surface area contributed by atoms with Gasteiger partial charge in [0.2, 0.25) is 5.91 Å². The molecule has 1 aliphatic heterocycles. The molecule has 0 N–H and O–H groups in total. The third kappa shape index (κ3) is 1.14. The number of hydrogen-bond donors (Lipinski definition) is 0. The summed E-state index contributed by atoms with van der Waals surface area (Å²) in [4.78, 5) is 12.3. The molecule has 1 fully saturated rings. The Morgan fingerprint density at radius 1 is 1.90 bits per heavy atom. The number of nitrogens with zero attached hydrogens (tertiary/aromatic N) is 2. The third-order valence-corrected chi connectivity index (χ3v) is 2.32. The van der Waals surface area contributed by atoms with Gasteiger partial charge >= 0.3 is 0 Å². The molecule has 0 bridgehead atoms. The molecule has 1 aliphatic rings. The minimum absolute atomic E-state index is 0.0616. The van der Waals surface area contributed by atoms with Gasteiger partial charge in [-0.3, -0.25) is 4.79 Å². The van der Waals surface area contributed by atoms with E-state index < -0.39 is 0 Å². The van der Waals surface area contributed by atoms with Crippen LogP contribution >= 0.6 is 11.8 Å². The van der Waals surface area contributed by atoms with Crippen LogP contribution in [0.2, 0.25) is 0 Å². The number of hydrogen-bond acceptors (Lipinski definition) is 3. The second kappa shape index (κ2) is 2.76. The minimum atomic E-state index is 0.0616. The highest BCUT2D eigenvalue weighted by Gasteiger charge is 2.21. The SMILES string of the molecule is CN1C(=O)CSC1=CC#N. The van der Waals surface area contributed by atoms with Crippen LogP contribution in [-0.2, 0) is 4.79 Å². The fourth-order valence-electron chi connectivity index (χ4n) is 0.646. The monoisotopic (exact) mass is 154 g/mol. The second-order valence-corrected chi connectivity index (χ2v) is 2.85. The van der Waals surface area contributed by atoms with E-state index in [0.717, 1.165) is 5.03 Å². The summed E-state index contributed by atoms with van der Waals surface area (Å²) in [5.74, 6) is 0.524. The third-order valence-electron chi connectivity index (χ3n) is 1.24. The molecular formula is C6H6N2OS. The van der Waals surface area contributed by atoms with Crippen molar-refractivity contribution in [1.29, 1.82) is 5.26 Å². The normalized spacial score (nSPS) is 21.8. The molecule has 10 heavy (non-hydrogen) atoms. The Labute approximate surface area is 63.3 Å². The van der Waals surface area contributed by atoms with Gasteiger partial charge in [-0.15, -0.1) is 0 Å². The van der Waals surface area contributed by atoms with Gasteiger partial charge in [0.1, 0.15) is 0 Å². The molecule has 1 heterocycles. The summed E-state index contributed by atoms with van der Waals surface area (Å²) in [6.07, 6.45) is 1.38. The molecule has 0 radical (unpaired) electrons. The van der Waals surface area contributed by atoms with Crippen LogP contribution in [0.15, 0.2) is 11.1 Å². The van der Waals surface area contributed by atoms with Gasteiger partial charge in [-0.1, -0.05) is 11.8 Å². The van der Waals surface area contributed by atoms with Crippen LogP contribution in [0, 0.1) is 11.3 Å². The lowest BCUT2D eigenvalue weighted by Gasteiger charge is -2.06. The molecule has 1 amide bonds. The van der Waals surface area contributed by atoms with Crippen molar-refractivity contribution >= 4 is 17.7 Å². The topological polar surface area (TPSA) is 44.1 Å². The van der Waals surface area contributed by atoms with E-state index in [1.807, 2.05) is 6.07 Å². The molecule has 3 nitrogen and oxygen atoms in total. The van der Waals surface area contributed by atoms with E-state index in [0.29, 0.717) is 5.75 Å². The van der Waals surface area contributed by atoms with Crippen LogP contribution in [0.1, 0.15) is 0 Å². The summed E-state index contributed by atoms with van der Waals surface area (Å²) < 4.78 is 0. The van der Waals surface area contributed by atoms with Crippen LogP contribution in [0.25, 0.3) is 0 Å². The van der Waals surface area contributed by atoms with Crippen molar-refractivity contribution < 1.29 is 4.79 Å². The van der Waals surface area contributed by atoms with Crippen LogP contribution in [0.4, 0.5) is 0 Å². The van der Waals surface area contributed by atoms with E-state index in [9.17, 15) is 4.79 Å². The summed E-state index contributed by atoms with van der Waals surface area (Å²) in [5.41, 5.74) is 0. The number of amides is 1. The molecule has 1 rings (SSSR count). The molecule has 0 aliphatic carbocycles. The molecule has 0 aromatic heterocycles. The zero-order valence-electron chi connectivity index (χ0n) is 5.50. The van der Waals surface area contributed by atoms with E-state index in [4.69, 9.17) is 5.26 Å². The van der Waals surface area contributed by atoms with Gasteiger partial charge in [0, 0.05) is 13.1 Å². The van der Waals surface area contributed by atoms with E-state index in [2.05, 4.69) is 0 Å². The lowest BCUT2D eigenvalue weighted by atomic mass is 10.6. The number of nitriles is 1. The van der Waals surface area contributed by atoms with Gasteiger partial charge in [0.25, 0.3) is 0 Å². The van der Waals surface area contributed by atoms with Crippen molar-refractivity contribution in [1.82, 2.24) is 4.90 Å². The Balaban J connectivity index is 2.77. The van der Waals surface area contributed by atoms with Crippen molar-refractivity contribution in [2.75, 3.05) is 12.8 Å². The average molecular weight is 154 g/mol. The highest BCUT2D eigenvalue weighted by atomic mass is 32.2. The van der Waals surface area contributed by atoms with Gasteiger partial charge in [-0.25, -0.2) is 0 Å². The summed E-state index contributed by atoms with van der Waals surface area (Å²) in [5, 5.41) is 9.00. The van der Waals surface area contributed by atoms with Gasteiger partial charge in [-0.05, 0) is 0 Å². The second-order valence-electron chi connectivity index (χ2n) is 1.85. The molecule has 4 heteroatoms. The molecule has 0 spiro atoms. The number of carbonyl (C=O) groups is 1. The van der Waals surface area contributed by atoms with Crippen molar-refractivity contribution in [3.8, 4) is 6.07 Å². The highest BCUT2D eigenvalue weighted by Crippen LogP contribution is 2.26. The minimum Gasteiger partial charge on any atom is -0.309 e. The van der Waals surface area contributed by atoms with Gasteiger partial charge < -0.3 is 4.90 Å². The Bertz CT molecular complexity index is 228. The van der Waals surface area contributed by atoms with E-state index in [-0.39, 0.29) is 5.91 Å². The molecule has 52 valence electrons. The first-order valence-corrected chi connectivity index (χ1v) is 3.73. The standard InChI is InChI=1S/C6H6N2OS/c1-8-5(9)4-10-6(8)2-3-7/h2H,4H2,1H3. The van der Waals surface area contributed by atoms with Crippen LogP contribution < -0.4 is 0 Å². The van der Waals surface area contributed by atoms with Gasteiger partial charge in [0.15, 0.2) is 0 Å². The molecule has 0 aromatic carbocycles. The predicted octanol–water partition coefficient (Wildman–Crippen LogP) is 0.557. The fourth-order valence-corrected chi connectivity index (χ4v) is 1.54. The van der Waals surface area contributed by atoms with E-state index in [1.54, 1.807) is 7.05 Å². The maximum atomic E-state index is 10.8. The van der Waals surface area contributed by atoms with Crippen LogP contribution in [0.3, 0.4) is 0 Å². The first kappa shape index (κ1) is 7.16. The smallest absolute Gasteiger partial charge is 0.237 e. The van der Waals surface area contributed by atoms with Crippen LogP contribution in [0.5, 0.6) is 0 Å². The molecule has 0 unspecified atom stereocenters. The Hall–Kier alpha value is -0.950. The maximum absolute atomic E-state index is 10.8. The predicted molar refractivity (Wildman–Crippen MR) is 38.9 cm³/mol. The highest BCUT2D eigenvalue weighted by molar-refractivity contribution is 8.04. The number of rotatable bonds is 0. The lowest BCUT2D eigenvalue weighted by molar-refractivity contribution is -0.124.